The fourth-order valence-electron chi connectivity index (χ4n) is 4.36. The monoisotopic (exact) mass is 445 g/mol. The molecule has 0 aliphatic carbocycles. The summed E-state index contributed by atoms with van der Waals surface area (Å²) >= 11 is 0. The van der Waals surface area contributed by atoms with E-state index in [9.17, 15) is 14.7 Å². The van der Waals surface area contributed by atoms with Gasteiger partial charge in [-0.15, -0.1) is 0 Å². The van der Waals surface area contributed by atoms with Crippen LogP contribution in [-0.2, 0) is 16.9 Å². The van der Waals surface area contributed by atoms with Gasteiger partial charge in [0, 0.05) is 11.1 Å². The van der Waals surface area contributed by atoms with E-state index >= 15 is 0 Å². The van der Waals surface area contributed by atoms with Gasteiger partial charge in [0.15, 0.2) is 22.9 Å². The Morgan fingerprint density at radius 2 is 1.70 bits per heavy atom. The Labute approximate surface area is 193 Å². The zero-order valence-electron chi connectivity index (χ0n) is 19.2. The van der Waals surface area contributed by atoms with E-state index in [1.807, 2.05) is 38.1 Å². The number of ether oxygens (including phenoxy) is 2. The first-order valence-corrected chi connectivity index (χ1v) is 10.7. The number of anilines is 1. The molecule has 0 saturated heterocycles. The van der Waals surface area contributed by atoms with E-state index in [1.54, 1.807) is 50.6 Å². The van der Waals surface area contributed by atoms with Gasteiger partial charge in [0.2, 0.25) is 0 Å². The van der Waals surface area contributed by atoms with Crippen LogP contribution < -0.4 is 14.4 Å². The summed E-state index contributed by atoms with van der Waals surface area (Å²) in [7, 11) is 3.11. The van der Waals surface area contributed by atoms with Crippen LogP contribution in [0.2, 0.25) is 0 Å². The van der Waals surface area contributed by atoms with Gasteiger partial charge in [-0.1, -0.05) is 42.0 Å². The summed E-state index contributed by atoms with van der Waals surface area (Å²) in [5.41, 5.74) is 2.19. The molecule has 0 spiro atoms. The number of carbonyl (C=O) groups excluding carboxylic acids is 2. The fraction of sp³-hybridized carbons (Fsp3) is 0.259. The molecule has 1 aliphatic rings. The van der Waals surface area contributed by atoms with Crippen LogP contribution in [0.5, 0.6) is 11.5 Å². The molecule has 0 aromatic heterocycles. The number of fused-ring (bicyclic) bond motifs is 1. The number of methoxy groups -OCH3 is 2. The number of rotatable bonds is 7. The van der Waals surface area contributed by atoms with E-state index in [4.69, 9.17) is 9.47 Å². The van der Waals surface area contributed by atoms with E-state index in [0.29, 0.717) is 28.3 Å². The van der Waals surface area contributed by atoms with Crippen LogP contribution in [0.4, 0.5) is 5.69 Å². The number of carbonyl (C=O) groups is 2. The molecule has 0 saturated carbocycles. The minimum Gasteiger partial charge on any atom is -0.493 e. The van der Waals surface area contributed by atoms with Crippen molar-refractivity contribution in [2.45, 2.75) is 32.4 Å². The van der Waals surface area contributed by atoms with Crippen molar-refractivity contribution in [3.05, 3.63) is 88.5 Å². The van der Waals surface area contributed by atoms with Gasteiger partial charge in [-0.3, -0.25) is 9.59 Å². The molecule has 1 aliphatic heterocycles. The zero-order valence-corrected chi connectivity index (χ0v) is 19.2. The molecule has 3 aromatic rings. The third kappa shape index (κ3) is 3.98. The lowest BCUT2D eigenvalue weighted by Crippen LogP contribution is -2.41. The molecule has 0 bridgehead atoms. The quantitative estimate of drug-likeness (QED) is 0.548. The first-order valence-electron chi connectivity index (χ1n) is 10.7. The third-order valence-corrected chi connectivity index (χ3v) is 6.14. The first-order chi connectivity index (χ1) is 15.8. The van der Waals surface area contributed by atoms with Crippen molar-refractivity contribution in [1.82, 2.24) is 0 Å². The van der Waals surface area contributed by atoms with Gasteiger partial charge in [0.1, 0.15) is 0 Å². The average Bonchev–Trinajstić information content (AvgIpc) is 3.02. The molecule has 6 heteroatoms. The summed E-state index contributed by atoms with van der Waals surface area (Å²) in [5.74, 6) is 0.354. The smallest absolute Gasteiger partial charge is 0.264 e. The minimum atomic E-state index is -1.93. The summed E-state index contributed by atoms with van der Waals surface area (Å²) in [6.45, 7) is 3.98. The molecule has 170 valence electrons. The van der Waals surface area contributed by atoms with Crippen molar-refractivity contribution in [1.29, 1.82) is 0 Å². The van der Waals surface area contributed by atoms with Crippen LogP contribution in [-0.4, -0.2) is 31.0 Å². The lowest BCUT2D eigenvalue weighted by atomic mass is 9.87. The second kappa shape index (κ2) is 8.71. The van der Waals surface area contributed by atoms with E-state index < -0.39 is 11.5 Å². The SMILES string of the molecule is COc1ccc(CN2C(=O)C(O)(CC(=O)c3cc(C)ccc3C)c3ccccc32)cc1OC. The van der Waals surface area contributed by atoms with Crippen LogP contribution in [0, 0.1) is 13.8 Å². The van der Waals surface area contributed by atoms with Crippen LogP contribution in [0.1, 0.15) is 39.0 Å². The number of aryl methyl sites for hydroxylation is 2. The molecule has 33 heavy (non-hydrogen) atoms. The van der Waals surface area contributed by atoms with Gasteiger partial charge in [0.05, 0.1) is 32.9 Å². The highest BCUT2D eigenvalue weighted by Gasteiger charge is 2.50. The standard InChI is InChI=1S/C27H27NO5/c1-17-9-10-18(2)20(13-17)23(29)15-27(31)21-7-5-6-8-22(21)28(26(27)30)16-19-11-12-24(32-3)25(14-19)33-4/h5-14,31H,15-16H2,1-4H3. The molecule has 1 N–H and O–H groups in total. The van der Waals surface area contributed by atoms with Crippen molar-refractivity contribution < 1.29 is 24.2 Å². The lowest BCUT2D eigenvalue weighted by molar-refractivity contribution is -0.136. The number of ketones is 1. The second-order valence-electron chi connectivity index (χ2n) is 8.38. The first kappa shape index (κ1) is 22.6. The van der Waals surface area contributed by atoms with Crippen molar-refractivity contribution in [3.63, 3.8) is 0 Å². The largest absolute Gasteiger partial charge is 0.493 e. The van der Waals surface area contributed by atoms with Crippen molar-refractivity contribution in [3.8, 4) is 11.5 Å². The summed E-state index contributed by atoms with van der Waals surface area (Å²) in [6, 6.07) is 18.1. The van der Waals surface area contributed by atoms with Crippen molar-refractivity contribution in [2.75, 3.05) is 19.1 Å². The molecule has 0 fully saturated rings. The van der Waals surface area contributed by atoms with Crippen molar-refractivity contribution >= 4 is 17.4 Å². The van der Waals surface area contributed by atoms with Gasteiger partial charge in [0.25, 0.3) is 5.91 Å². The highest BCUT2D eigenvalue weighted by Crippen LogP contribution is 2.44. The number of hydrogen-bond donors (Lipinski definition) is 1. The zero-order chi connectivity index (χ0) is 23.8. The number of hydrogen-bond acceptors (Lipinski definition) is 5. The highest BCUT2D eigenvalue weighted by atomic mass is 16.5. The number of aliphatic hydroxyl groups is 1. The molecule has 6 nitrogen and oxygen atoms in total. The van der Waals surface area contributed by atoms with Gasteiger partial charge >= 0.3 is 0 Å². The van der Waals surface area contributed by atoms with Crippen LogP contribution >= 0.6 is 0 Å². The summed E-state index contributed by atoms with van der Waals surface area (Å²) in [4.78, 5) is 28.3. The van der Waals surface area contributed by atoms with Crippen LogP contribution in [0.25, 0.3) is 0 Å². The lowest BCUT2D eigenvalue weighted by Gasteiger charge is -2.23. The second-order valence-corrected chi connectivity index (χ2v) is 8.38. The Bertz CT molecular complexity index is 1230. The maximum absolute atomic E-state index is 13.6. The normalized spacial score (nSPS) is 17.1. The van der Waals surface area contributed by atoms with Crippen LogP contribution in [0.3, 0.4) is 0 Å². The molecular weight excluding hydrogens is 418 g/mol. The van der Waals surface area contributed by atoms with Gasteiger partial charge in [-0.05, 0) is 49.2 Å². The maximum Gasteiger partial charge on any atom is 0.264 e. The predicted molar refractivity (Wildman–Crippen MR) is 126 cm³/mol. The molecule has 1 amide bonds. The average molecular weight is 446 g/mol. The summed E-state index contributed by atoms with van der Waals surface area (Å²) in [6.07, 6.45) is -0.324. The Balaban J connectivity index is 1.68. The summed E-state index contributed by atoms with van der Waals surface area (Å²) in [5, 5.41) is 11.6. The maximum atomic E-state index is 13.6. The van der Waals surface area contributed by atoms with E-state index in [1.165, 1.54) is 4.90 Å². The molecule has 1 unspecified atom stereocenters. The number of nitrogens with zero attached hydrogens (tertiary/aromatic N) is 1. The molecular formula is C27H27NO5. The predicted octanol–water partition coefficient (Wildman–Crippen LogP) is 4.33. The van der Waals surface area contributed by atoms with E-state index in [2.05, 4.69) is 0 Å². The number of benzene rings is 3. The minimum absolute atomic E-state index is 0.218. The van der Waals surface area contributed by atoms with E-state index in [-0.39, 0.29) is 18.7 Å². The molecule has 0 radical (unpaired) electrons. The Morgan fingerprint density at radius 1 is 0.970 bits per heavy atom. The Kier molecular flexibility index (Phi) is 5.95. The van der Waals surface area contributed by atoms with Gasteiger partial charge in [-0.2, -0.15) is 0 Å². The van der Waals surface area contributed by atoms with Gasteiger partial charge < -0.3 is 19.5 Å². The van der Waals surface area contributed by atoms with E-state index in [0.717, 1.165) is 16.7 Å². The third-order valence-electron chi connectivity index (χ3n) is 6.14. The highest BCUT2D eigenvalue weighted by molar-refractivity contribution is 6.11. The number of para-hydroxylation sites is 1. The molecule has 1 heterocycles. The summed E-state index contributed by atoms with van der Waals surface area (Å²) < 4.78 is 10.7. The number of Topliss-reactive ketones (excluding diaryl/α,β-unsaturated/α-hetero) is 1. The fourth-order valence-corrected chi connectivity index (χ4v) is 4.36. The Morgan fingerprint density at radius 3 is 2.42 bits per heavy atom. The Hall–Kier alpha value is -3.64. The van der Waals surface area contributed by atoms with Crippen molar-refractivity contribution in [2.24, 2.45) is 0 Å². The molecule has 4 rings (SSSR count). The molecule has 3 aromatic carbocycles. The van der Waals surface area contributed by atoms with Crippen LogP contribution in [0.15, 0.2) is 60.7 Å². The topological polar surface area (TPSA) is 76.1 Å². The van der Waals surface area contributed by atoms with Gasteiger partial charge in [-0.25, -0.2) is 0 Å². The number of amides is 1. The molecule has 1 atom stereocenters.